The molecule has 19 heavy (non-hydrogen) atoms. The quantitative estimate of drug-likeness (QED) is 0.623. The summed E-state index contributed by atoms with van der Waals surface area (Å²) in [6.07, 6.45) is 0. The highest BCUT2D eigenvalue weighted by atomic mass is 35.5. The molecule has 0 amide bonds. The maximum absolute atomic E-state index is 11.1. The third-order valence-electron chi connectivity index (χ3n) is 1.97. The van der Waals surface area contributed by atoms with E-state index >= 15 is 0 Å². The Morgan fingerprint density at radius 3 is 2.11 bits per heavy atom. The van der Waals surface area contributed by atoms with E-state index in [0.717, 1.165) is 7.11 Å². The van der Waals surface area contributed by atoms with Crippen molar-refractivity contribution in [3.8, 4) is 5.75 Å². The van der Waals surface area contributed by atoms with Gasteiger partial charge in [0.05, 0.1) is 12.1 Å². The zero-order valence-corrected chi connectivity index (χ0v) is 11.5. The number of nitrogens with zero attached hydrogens (tertiary/aromatic N) is 2. The van der Waals surface area contributed by atoms with Crippen molar-refractivity contribution in [1.29, 1.82) is 5.39 Å². The van der Waals surface area contributed by atoms with E-state index in [0.29, 0.717) is 6.07 Å². The number of ether oxygens (including phenoxy) is 1. The fourth-order valence-electron chi connectivity index (χ4n) is 1.30. The largest absolute Gasteiger partial charge is 0.488 e. The van der Waals surface area contributed by atoms with Crippen molar-refractivity contribution >= 4 is 37.5 Å². The zero-order chi connectivity index (χ0) is 15.0. The summed E-state index contributed by atoms with van der Waals surface area (Å²) >= 11 is 5.51. The molecule has 0 spiro atoms. The lowest BCUT2D eigenvalue weighted by Crippen LogP contribution is -2.06. The van der Waals surface area contributed by atoms with Crippen LogP contribution in [0.5, 0.6) is 5.75 Å². The maximum atomic E-state index is 11.1. The topological polar surface area (TPSA) is 146 Å². The van der Waals surface area contributed by atoms with Crippen LogP contribution in [0.4, 0.5) is 5.69 Å². The van der Waals surface area contributed by atoms with Crippen LogP contribution >= 0.6 is 11.6 Å². The van der Waals surface area contributed by atoms with Crippen LogP contribution in [0.25, 0.3) is 4.98 Å². The van der Waals surface area contributed by atoms with Gasteiger partial charge in [-0.1, -0.05) is 11.6 Å². The lowest BCUT2D eigenvalue weighted by atomic mass is 10.3. The molecule has 0 aromatic heterocycles. The number of diazo groups is 1. The Hall–Kier alpha value is -1.45. The van der Waals surface area contributed by atoms with Gasteiger partial charge >= 0.3 is 15.8 Å². The predicted molar refractivity (Wildman–Crippen MR) is 62.4 cm³/mol. The average Bonchev–Trinajstić information content (AvgIpc) is 2.24. The molecule has 2 N–H and O–H groups in total. The minimum atomic E-state index is -4.88. The second-order valence-electron chi connectivity index (χ2n) is 3.12. The van der Waals surface area contributed by atoms with Crippen LogP contribution in [0.3, 0.4) is 0 Å². The molecule has 9 nitrogen and oxygen atoms in total. The van der Waals surface area contributed by atoms with Crippen molar-refractivity contribution in [2.45, 2.75) is 9.79 Å². The fourth-order valence-corrected chi connectivity index (χ4v) is 3.21. The second-order valence-corrected chi connectivity index (χ2v) is 6.27. The molecule has 0 saturated carbocycles. The Labute approximate surface area is 112 Å². The highest BCUT2D eigenvalue weighted by Crippen LogP contribution is 2.43. The number of rotatable bonds is 3. The summed E-state index contributed by atoms with van der Waals surface area (Å²) in [5.41, 5.74) is -0.915. The lowest BCUT2D eigenvalue weighted by Gasteiger charge is -2.07. The van der Waals surface area contributed by atoms with Crippen molar-refractivity contribution in [2.24, 2.45) is 0 Å². The van der Waals surface area contributed by atoms with Gasteiger partial charge < -0.3 is 4.74 Å². The van der Waals surface area contributed by atoms with E-state index in [1.165, 1.54) is 0 Å². The highest BCUT2D eigenvalue weighted by Gasteiger charge is 2.37. The molecule has 0 aliphatic rings. The van der Waals surface area contributed by atoms with Gasteiger partial charge in [0, 0.05) is 0 Å². The van der Waals surface area contributed by atoms with Crippen LogP contribution < -0.4 is 4.74 Å². The summed E-state index contributed by atoms with van der Waals surface area (Å²) in [5.74, 6) is -0.829. The summed E-state index contributed by atoms with van der Waals surface area (Å²) in [5, 5.41) is 7.99. The first-order chi connectivity index (χ1) is 8.54. The summed E-state index contributed by atoms with van der Waals surface area (Å²) in [7, 11) is -8.81. The van der Waals surface area contributed by atoms with Crippen molar-refractivity contribution in [3.05, 3.63) is 16.1 Å². The van der Waals surface area contributed by atoms with E-state index in [1.807, 2.05) is 0 Å². The number of benzene rings is 1. The third-order valence-corrected chi connectivity index (χ3v) is 4.17. The van der Waals surface area contributed by atoms with Gasteiger partial charge in [0.1, 0.15) is 0 Å². The summed E-state index contributed by atoms with van der Waals surface area (Å²) in [6.45, 7) is 0. The molecule has 104 valence electrons. The molecule has 0 aliphatic carbocycles. The van der Waals surface area contributed by atoms with Gasteiger partial charge in [0.2, 0.25) is 11.1 Å². The van der Waals surface area contributed by atoms with Crippen molar-refractivity contribution < 1.29 is 30.7 Å². The molecule has 0 unspecified atom stereocenters. The number of halogens is 1. The molecule has 0 fully saturated rings. The van der Waals surface area contributed by atoms with E-state index in [4.69, 9.17) is 26.1 Å². The molecule has 0 radical (unpaired) electrons. The lowest BCUT2D eigenvalue weighted by molar-refractivity contribution is 0.398. The van der Waals surface area contributed by atoms with E-state index in [2.05, 4.69) is 9.71 Å². The summed E-state index contributed by atoms with van der Waals surface area (Å²) in [6, 6.07) is 0.498. The molecule has 0 saturated heterocycles. The molecule has 1 aromatic carbocycles. The van der Waals surface area contributed by atoms with E-state index in [-0.39, 0.29) is 0 Å². The van der Waals surface area contributed by atoms with Crippen molar-refractivity contribution in [3.63, 3.8) is 0 Å². The Bertz CT molecular complexity index is 779. The summed E-state index contributed by atoms with van der Waals surface area (Å²) < 4.78 is 66.8. The summed E-state index contributed by atoms with van der Waals surface area (Å²) in [4.78, 5) is 0.553. The smallest absolute Gasteiger partial charge is 0.448 e. The SMILES string of the molecule is COc1c([N+]#N)c(S(=O)(=O)O)cc(Cl)c1S(=O)(=O)O. The standard InChI is InChI=1S/C7H5ClN2O7S2/c1-17-6-5(10-9)4(18(11,12)13)2-3(8)7(6)19(14,15)16/h2H,1H3,(H-,11,12,13,14,15,16)/p+1. The second kappa shape index (κ2) is 4.91. The van der Waals surface area contributed by atoms with Gasteiger partial charge in [-0.15, -0.1) is 0 Å². The molecule has 0 bridgehead atoms. The third kappa shape index (κ3) is 2.94. The molecular formula is C7H6ClN2O7S2+. The predicted octanol–water partition coefficient (Wildman–Crippen LogP) is 1.33. The van der Waals surface area contributed by atoms with Crippen LogP contribution in [-0.2, 0) is 20.2 Å². The normalized spacial score (nSPS) is 11.9. The number of methoxy groups -OCH3 is 1. The monoisotopic (exact) mass is 329 g/mol. The molecule has 0 heterocycles. The first-order valence-corrected chi connectivity index (χ1v) is 7.50. The van der Waals surface area contributed by atoms with E-state index in [9.17, 15) is 16.8 Å². The molecular weight excluding hydrogens is 324 g/mol. The first kappa shape index (κ1) is 15.6. The average molecular weight is 330 g/mol. The Kier molecular flexibility index (Phi) is 4.03. The molecule has 12 heteroatoms. The zero-order valence-electron chi connectivity index (χ0n) is 9.10. The maximum Gasteiger partial charge on any atom is 0.448 e. The highest BCUT2D eigenvalue weighted by molar-refractivity contribution is 7.86. The van der Waals surface area contributed by atoms with Crippen molar-refractivity contribution in [2.75, 3.05) is 7.11 Å². The van der Waals surface area contributed by atoms with Gasteiger partial charge in [-0.25, -0.2) is 0 Å². The number of hydrogen-bond donors (Lipinski definition) is 2. The molecule has 0 aliphatic heterocycles. The molecule has 1 aromatic rings. The minimum absolute atomic E-state index is 0.498. The van der Waals surface area contributed by atoms with Gasteiger partial charge in [0.15, 0.2) is 14.8 Å². The van der Waals surface area contributed by atoms with Crippen LogP contribution in [-0.4, -0.2) is 33.1 Å². The fraction of sp³-hybridized carbons (Fsp3) is 0.143. The Balaban J connectivity index is 4.04. The Morgan fingerprint density at radius 1 is 1.26 bits per heavy atom. The van der Waals surface area contributed by atoms with Crippen LogP contribution in [0.15, 0.2) is 15.9 Å². The first-order valence-electron chi connectivity index (χ1n) is 4.24. The van der Waals surface area contributed by atoms with Crippen LogP contribution in [0.1, 0.15) is 0 Å². The van der Waals surface area contributed by atoms with Gasteiger partial charge in [-0.3, -0.25) is 9.11 Å². The number of hydrogen-bond acceptors (Lipinski definition) is 6. The molecule has 0 atom stereocenters. The van der Waals surface area contributed by atoms with Gasteiger partial charge in [-0.05, 0) is 6.07 Å². The van der Waals surface area contributed by atoms with Crippen LogP contribution in [0, 0.1) is 5.39 Å². The minimum Gasteiger partial charge on any atom is -0.488 e. The molecule has 1 rings (SSSR count). The van der Waals surface area contributed by atoms with Crippen molar-refractivity contribution in [1.82, 2.24) is 0 Å². The van der Waals surface area contributed by atoms with Gasteiger partial charge in [0.25, 0.3) is 10.1 Å². The van der Waals surface area contributed by atoms with E-state index in [1.54, 1.807) is 0 Å². The van der Waals surface area contributed by atoms with Gasteiger partial charge in [-0.2, -0.15) is 16.8 Å². The van der Waals surface area contributed by atoms with Crippen LogP contribution in [0.2, 0.25) is 5.02 Å². The Morgan fingerprint density at radius 2 is 1.79 bits per heavy atom. The van der Waals surface area contributed by atoms with E-state index < -0.39 is 46.5 Å².